The van der Waals surface area contributed by atoms with Gasteiger partial charge in [0.15, 0.2) is 0 Å². The van der Waals surface area contributed by atoms with E-state index in [4.69, 9.17) is 9.26 Å². The Morgan fingerprint density at radius 3 is 2.88 bits per heavy atom. The molecule has 2 heterocycles. The number of ether oxygens (including phenoxy) is 1. The van der Waals surface area contributed by atoms with Crippen LogP contribution in [0.4, 0.5) is 4.79 Å². The van der Waals surface area contributed by atoms with E-state index in [0.29, 0.717) is 25.2 Å². The summed E-state index contributed by atoms with van der Waals surface area (Å²) in [5.41, 5.74) is 2.08. The molecule has 1 aromatic rings. The second-order valence-electron chi connectivity index (χ2n) is 6.55. The third-order valence-corrected chi connectivity index (χ3v) is 4.61. The Balaban J connectivity index is 1.61. The van der Waals surface area contributed by atoms with Crippen molar-refractivity contribution in [2.45, 2.75) is 52.6 Å². The van der Waals surface area contributed by atoms with Crippen molar-refractivity contribution in [1.29, 1.82) is 0 Å². The van der Waals surface area contributed by atoms with Gasteiger partial charge < -0.3 is 19.9 Å². The Morgan fingerprint density at radius 2 is 2.21 bits per heavy atom. The van der Waals surface area contributed by atoms with Gasteiger partial charge in [0.2, 0.25) is 0 Å². The largest absolute Gasteiger partial charge is 0.379 e. The van der Waals surface area contributed by atoms with E-state index < -0.39 is 0 Å². The second-order valence-corrected chi connectivity index (χ2v) is 6.55. The molecule has 7 nitrogen and oxygen atoms in total. The van der Waals surface area contributed by atoms with E-state index in [0.717, 1.165) is 49.6 Å². The molecule has 0 aliphatic carbocycles. The first-order chi connectivity index (χ1) is 11.5. The summed E-state index contributed by atoms with van der Waals surface area (Å²) in [6.45, 7) is 11.9. The van der Waals surface area contributed by atoms with Gasteiger partial charge in [-0.05, 0) is 40.5 Å². The van der Waals surface area contributed by atoms with Gasteiger partial charge in [0, 0.05) is 37.3 Å². The molecule has 1 fully saturated rings. The molecule has 0 aromatic carbocycles. The van der Waals surface area contributed by atoms with Crippen molar-refractivity contribution >= 4 is 6.03 Å². The zero-order valence-corrected chi connectivity index (χ0v) is 15.2. The van der Waals surface area contributed by atoms with E-state index >= 15 is 0 Å². The Hall–Kier alpha value is -1.60. The fourth-order valence-electron chi connectivity index (χ4n) is 3.14. The smallest absolute Gasteiger partial charge is 0.314 e. The summed E-state index contributed by atoms with van der Waals surface area (Å²) in [6, 6.07) is 0.590. The predicted octanol–water partition coefficient (Wildman–Crippen LogP) is 1.63. The lowest BCUT2D eigenvalue weighted by Gasteiger charge is -2.37. The summed E-state index contributed by atoms with van der Waals surface area (Å²) in [6.07, 6.45) is 1.73. The number of hydrogen-bond donors (Lipinski definition) is 2. The highest BCUT2D eigenvalue weighted by Crippen LogP contribution is 2.13. The van der Waals surface area contributed by atoms with Crippen LogP contribution in [0.1, 0.15) is 37.3 Å². The highest BCUT2D eigenvalue weighted by Gasteiger charge is 2.23. The number of hydrogen-bond acceptors (Lipinski definition) is 5. The van der Waals surface area contributed by atoms with E-state index in [1.54, 1.807) is 0 Å². The van der Waals surface area contributed by atoms with Gasteiger partial charge in [0.25, 0.3) is 0 Å². The Labute approximate surface area is 144 Å². The van der Waals surface area contributed by atoms with Gasteiger partial charge in [0.05, 0.1) is 18.9 Å². The van der Waals surface area contributed by atoms with Crippen LogP contribution in [0.2, 0.25) is 0 Å². The first-order valence-electron chi connectivity index (χ1n) is 8.76. The van der Waals surface area contributed by atoms with Crippen LogP contribution in [-0.4, -0.2) is 61.0 Å². The third-order valence-electron chi connectivity index (χ3n) is 4.61. The van der Waals surface area contributed by atoms with Crippen LogP contribution in [0.5, 0.6) is 0 Å². The van der Waals surface area contributed by atoms with Gasteiger partial charge >= 0.3 is 6.03 Å². The monoisotopic (exact) mass is 338 g/mol. The van der Waals surface area contributed by atoms with Crippen molar-refractivity contribution in [3.8, 4) is 0 Å². The SMILES string of the molecule is Cc1noc(C)c1CCCNC(=O)NC[C@H](C)N1CCOC[C@H]1C. The lowest BCUT2D eigenvalue weighted by molar-refractivity contribution is -0.0176. The Kier molecular flexibility index (Phi) is 7.05. The molecule has 0 bridgehead atoms. The topological polar surface area (TPSA) is 79.6 Å². The number of nitrogens with one attached hydrogen (secondary N) is 2. The first kappa shape index (κ1) is 18.7. The minimum absolute atomic E-state index is 0.110. The quantitative estimate of drug-likeness (QED) is 0.739. The number of aromatic nitrogens is 1. The lowest BCUT2D eigenvalue weighted by atomic mass is 10.1. The molecule has 0 unspecified atom stereocenters. The van der Waals surface area contributed by atoms with Crippen molar-refractivity contribution in [3.63, 3.8) is 0 Å². The van der Waals surface area contributed by atoms with E-state index in [2.05, 4.69) is 34.5 Å². The lowest BCUT2D eigenvalue weighted by Crippen LogP contribution is -2.52. The zero-order chi connectivity index (χ0) is 17.5. The highest BCUT2D eigenvalue weighted by atomic mass is 16.5. The zero-order valence-electron chi connectivity index (χ0n) is 15.2. The van der Waals surface area contributed by atoms with Gasteiger partial charge in [0.1, 0.15) is 5.76 Å². The summed E-state index contributed by atoms with van der Waals surface area (Å²) in [4.78, 5) is 14.3. The van der Waals surface area contributed by atoms with Crippen molar-refractivity contribution in [1.82, 2.24) is 20.7 Å². The molecule has 24 heavy (non-hydrogen) atoms. The summed E-state index contributed by atoms with van der Waals surface area (Å²) < 4.78 is 10.6. The molecule has 1 aliphatic heterocycles. The van der Waals surface area contributed by atoms with Crippen molar-refractivity contribution in [3.05, 3.63) is 17.0 Å². The molecule has 1 aliphatic rings. The number of nitrogens with zero attached hydrogens (tertiary/aromatic N) is 2. The van der Waals surface area contributed by atoms with E-state index in [1.807, 2.05) is 13.8 Å². The van der Waals surface area contributed by atoms with Crippen LogP contribution in [0.25, 0.3) is 0 Å². The number of morpholine rings is 1. The van der Waals surface area contributed by atoms with Crippen LogP contribution >= 0.6 is 0 Å². The van der Waals surface area contributed by atoms with Crippen LogP contribution in [0.15, 0.2) is 4.52 Å². The minimum atomic E-state index is -0.110. The fourth-order valence-corrected chi connectivity index (χ4v) is 3.14. The maximum atomic E-state index is 11.9. The van der Waals surface area contributed by atoms with Crippen molar-refractivity contribution in [2.24, 2.45) is 0 Å². The molecule has 0 radical (unpaired) electrons. The van der Waals surface area contributed by atoms with Gasteiger partial charge in [-0.1, -0.05) is 5.16 Å². The first-order valence-corrected chi connectivity index (χ1v) is 8.76. The molecule has 136 valence electrons. The molecular weight excluding hydrogens is 308 g/mol. The summed E-state index contributed by atoms with van der Waals surface area (Å²) >= 11 is 0. The Bertz CT molecular complexity index is 512. The number of urea groups is 1. The maximum absolute atomic E-state index is 11.9. The highest BCUT2D eigenvalue weighted by molar-refractivity contribution is 5.73. The van der Waals surface area contributed by atoms with Crippen LogP contribution in [0.3, 0.4) is 0 Å². The van der Waals surface area contributed by atoms with Gasteiger partial charge in [-0.15, -0.1) is 0 Å². The molecule has 2 amide bonds. The van der Waals surface area contributed by atoms with Gasteiger partial charge in [-0.2, -0.15) is 0 Å². The predicted molar refractivity (Wildman–Crippen MR) is 92.1 cm³/mol. The third kappa shape index (κ3) is 5.21. The second kappa shape index (κ2) is 9.03. The van der Waals surface area contributed by atoms with Crippen LogP contribution in [0, 0.1) is 13.8 Å². The van der Waals surface area contributed by atoms with Crippen LogP contribution < -0.4 is 10.6 Å². The molecule has 7 heteroatoms. The average molecular weight is 338 g/mol. The maximum Gasteiger partial charge on any atom is 0.314 e. The van der Waals surface area contributed by atoms with E-state index in [9.17, 15) is 4.79 Å². The van der Waals surface area contributed by atoms with Crippen molar-refractivity contribution in [2.75, 3.05) is 32.8 Å². The van der Waals surface area contributed by atoms with Crippen molar-refractivity contribution < 1.29 is 14.1 Å². The average Bonchev–Trinajstić information content (AvgIpc) is 2.88. The molecule has 2 atom stereocenters. The number of amides is 2. The number of carbonyl (C=O) groups excluding carboxylic acids is 1. The van der Waals surface area contributed by atoms with E-state index in [-0.39, 0.29) is 6.03 Å². The fraction of sp³-hybridized carbons (Fsp3) is 0.765. The molecular formula is C17H30N4O3. The molecule has 2 rings (SSSR count). The summed E-state index contributed by atoms with van der Waals surface area (Å²) in [5, 5.41) is 9.80. The standard InChI is InChI=1S/C17H30N4O3/c1-12(21-8-9-23-11-13(21)2)10-19-17(22)18-7-5-6-16-14(3)20-24-15(16)4/h12-13H,5-11H2,1-4H3,(H2,18,19,22)/t12-,13+/m0/s1. The molecule has 1 aromatic heterocycles. The summed E-state index contributed by atoms with van der Waals surface area (Å²) in [5.74, 6) is 0.866. The molecule has 1 saturated heterocycles. The van der Waals surface area contributed by atoms with Gasteiger partial charge in [-0.3, -0.25) is 4.90 Å². The minimum Gasteiger partial charge on any atom is -0.379 e. The number of aryl methyl sites for hydroxylation is 2. The molecule has 2 N–H and O–H groups in total. The van der Waals surface area contributed by atoms with Crippen LogP contribution in [-0.2, 0) is 11.2 Å². The molecule has 0 spiro atoms. The Morgan fingerprint density at radius 1 is 1.42 bits per heavy atom. The number of carbonyl (C=O) groups is 1. The summed E-state index contributed by atoms with van der Waals surface area (Å²) in [7, 11) is 0. The van der Waals surface area contributed by atoms with Gasteiger partial charge in [-0.25, -0.2) is 4.79 Å². The normalized spacial score (nSPS) is 19.9. The van der Waals surface area contributed by atoms with E-state index in [1.165, 1.54) is 0 Å². The molecule has 0 saturated carbocycles. The number of rotatable bonds is 7.